The molecular formula is C47H55N3O4. The zero-order valence-corrected chi connectivity index (χ0v) is 32.2. The number of hydrogen-bond acceptors (Lipinski definition) is 7. The van der Waals surface area contributed by atoms with Crippen LogP contribution in [-0.4, -0.2) is 60.0 Å². The van der Waals surface area contributed by atoms with Crippen molar-refractivity contribution in [3.05, 3.63) is 92.9 Å². The molecule has 14 aliphatic rings. The van der Waals surface area contributed by atoms with E-state index in [0.29, 0.717) is 48.2 Å². The first-order chi connectivity index (χ1) is 26.2. The van der Waals surface area contributed by atoms with E-state index in [1.807, 2.05) is 0 Å². The van der Waals surface area contributed by atoms with Crippen LogP contribution in [-0.2, 0) is 26.3 Å². The summed E-state index contributed by atoms with van der Waals surface area (Å²) in [4.78, 5) is 35.7. The summed E-state index contributed by atoms with van der Waals surface area (Å²) in [7, 11) is 0. The van der Waals surface area contributed by atoms with Crippen molar-refractivity contribution in [2.24, 2.45) is 58.0 Å². The van der Waals surface area contributed by atoms with Crippen molar-refractivity contribution in [3.8, 4) is 0 Å². The van der Waals surface area contributed by atoms with Crippen LogP contribution in [0.2, 0.25) is 0 Å². The number of piperidine rings is 2. The van der Waals surface area contributed by atoms with Crippen LogP contribution in [0.5, 0.6) is 0 Å². The standard InChI is InChI=1S/C47H55N3O4/c1-25-9-11-30-21-34-26(2)19-31-12-13-36-32-20-28-22-49(24-32)27(3)10-14-38-45-16-15-33(40(34)42(31)50(36)23-28)41(30)46(45,44(52)53-38)37(18-25)47(45)35-8-4-6-29(7-5-17-48)39(35)43(51)54-47/h4,6,8,12-14,21,25-28,32,34,36-37,40H,5,7,9-11,15-20,22-24,48H2,1-3H3/b38-14+/t25-,26+,27-,28+,32-,34-,36-,37-,40+,45+,46+,47+/m0/s1. The van der Waals surface area contributed by atoms with Gasteiger partial charge in [0.1, 0.15) is 11.2 Å². The maximum absolute atomic E-state index is 15.6. The number of nitrogens with two attached hydrogens (primary N) is 1. The van der Waals surface area contributed by atoms with Gasteiger partial charge in [-0.2, -0.15) is 0 Å². The maximum atomic E-state index is 15.6. The summed E-state index contributed by atoms with van der Waals surface area (Å²) in [5.74, 6) is 3.15. The van der Waals surface area contributed by atoms with Gasteiger partial charge < -0.3 is 20.1 Å². The van der Waals surface area contributed by atoms with E-state index in [2.05, 4.69) is 73.1 Å². The van der Waals surface area contributed by atoms with Crippen LogP contribution in [0.1, 0.15) is 100 Å². The fraction of sp³-hybridized carbons (Fsp3) is 0.617. The van der Waals surface area contributed by atoms with Crippen molar-refractivity contribution < 1.29 is 19.1 Å². The molecular weight excluding hydrogens is 671 g/mol. The molecule has 7 nitrogen and oxygen atoms in total. The van der Waals surface area contributed by atoms with E-state index in [1.165, 1.54) is 28.7 Å². The van der Waals surface area contributed by atoms with Crippen LogP contribution >= 0.6 is 0 Å². The van der Waals surface area contributed by atoms with Crippen LogP contribution in [0, 0.1) is 52.3 Å². The highest BCUT2D eigenvalue weighted by molar-refractivity contribution is 6.00. The first-order valence-corrected chi connectivity index (χ1v) is 21.6. The maximum Gasteiger partial charge on any atom is 0.339 e. The summed E-state index contributed by atoms with van der Waals surface area (Å²) < 4.78 is 14.0. The number of benzene rings is 1. The molecule has 5 aliphatic carbocycles. The molecule has 7 heteroatoms. The van der Waals surface area contributed by atoms with Gasteiger partial charge in [-0.05, 0) is 136 Å². The monoisotopic (exact) mass is 725 g/mol. The molecule has 12 bridgehead atoms. The molecule has 15 rings (SSSR count). The van der Waals surface area contributed by atoms with Gasteiger partial charge in [0.2, 0.25) is 0 Å². The van der Waals surface area contributed by atoms with Gasteiger partial charge in [-0.1, -0.05) is 55.8 Å². The summed E-state index contributed by atoms with van der Waals surface area (Å²) in [6, 6.07) is 7.13. The second-order valence-electron chi connectivity index (χ2n) is 19.6. The summed E-state index contributed by atoms with van der Waals surface area (Å²) in [6.07, 6.45) is 19.4. The zero-order valence-electron chi connectivity index (χ0n) is 32.2. The molecule has 5 fully saturated rings. The van der Waals surface area contributed by atoms with Crippen molar-refractivity contribution in [1.82, 2.24) is 9.80 Å². The number of carbonyl (C=O) groups is 2. The van der Waals surface area contributed by atoms with Gasteiger partial charge in [-0.25, -0.2) is 4.79 Å². The lowest BCUT2D eigenvalue weighted by Gasteiger charge is -2.72. The summed E-state index contributed by atoms with van der Waals surface area (Å²) in [5, 5.41) is 0. The number of aryl methyl sites for hydroxylation is 1. The number of nitrogens with zero attached hydrogens (tertiary/aromatic N) is 2. The molecule has 1 unspecified atom stereocenters. The van der Waals surface area contributed by atoms with Crippen molar-refractivity contribution >= 4 is 11.9 Å². The first kappa shape index (κ1) is 32.8. The number of hydrogen-bond donors (Lipinski definition) is 1. The Morgan fingerprint density at radius 2 is 1.94 bits per heavy atom. The lowest BCUT2D eigenvalue weighted by Crippen LogP contribution is -2.77. The highest BCUT2D eigenvalue weighted by Gasteiger charge is 2.93. The number of esters is 2. The Morgan fingerprint density at radius 3 is 2.81 bits per heavy atom. The quantitative estimate of drug-likeness (QED) is 0.327. The van der Waals surface area contributed by atoms with E-state index >= 15 is 4.79 Å². The molecule has 54 heavy (non-hydrogen) atoms. The molecule has 0 amide bonds. The van der Waals surface area contributed by atoms with Crippen molar-refractivity contribution in [2.75, 3.05) is 26.2 Å². The Labute approximate surface area is 319 Å². The van der Waals surface area contributed by atoms with Crippen molar-refractivity contribution in [3.63, 3.8) is 0 Å². The third-order valence-electron chi connectivity index (χ3n) is 17.2. The largest absolute Gasteiger partial charge is 0.449 e. The third-order valence-corrected chi connectivity index (χ3v) is 17.2. The molecule has 9 heterocycles. The van der Waals surface area contributed by atoms with E-state index in [-0.39, 0.29) is 23.8 Å². The SMILES string of the molecule is C[C@H]1CCC2=C[C@@H]3[C@H]4C5=C2[C@]26C(=O)O/C(=C/C[C@H](C)N7C[C@H]8C[C@@H](C7)[C@@H]7C=CC(=C4N7C8)C[C@H]3C)[C@@]2(CC5)[C@]2(OC(=O)c3c(CCCN)cccc32)[C@H]6C1. The zero-order chi connectivity index (χ0) is 36.5. The molecule has 1 aromatic rings. The van der Waals surface area contributed by atoms with Gasteiger partial charge >= 0.3 is 11.9 Å². The number of fused-ring (bicyclic) bond motifs is 3. The Bertz CT molecular complexity index is 2090. The Hall–Kier alpha value is -3.42. The van der Waals surface area contributed by atoms with Gasteiger partial charge in [-0.15, -0.1) is 0 Å². The van der Waals surface area contributed by atoms with Crippen LogP contribution in [0.4, 0.5) is 0 Å². The van der Waals surface area contributed by atoms with E-state index in [4.69, 9.17) is 15.2 Å². The number of carbonyl (C=O) groups excluding carboxylic acids is 2. The minimum Gasteiger partial charge on any atom is -0.449 e. The minimum absolute atomic E-state index is 0.0833. The topological polar surface area (TPSA) is 85.1 Å². The summed E-state index contributed by atoms with van der Waals surface area (Å²) in [5.41, 5.74) is 13.5. The minimum atomic E-state index is -0.955. The fourth-order valence-corrected chi connectivity index (χ4v) is 15.3. The smallest absolute Gasteiger partial charge is 0.339 e. The normalized spacial score (nSPS) is 46.7. The first-order valence-electron chi connectivity index (χ1n) is 21.6. The van der Waals surface area contributed by atoms with Gasteiger partial charge in [0.15, 0.2) is 5.60 Å². The van der Waals surface area contributed by atoms with E-state index in [9.17, 15) is 4.79 Å². The second kappa shape index (κ2) is 10.9. The molecule has 0 radical (unpaired) electrons. The summed E-state index contributed by atoms with van der Waals surface area (Å²) >= 11 is 0. The lowest BCUT2D eigenvalue weighted by atomic mass is 9.28. The third kappa shape index (κ3) is 3.61. The van der Waals surface area contributed by atoms with E-state index < -0.39 is 16.4 Å². The molecule has 0 aromatic heterocycles. The molecule has 282 valence electrons. The lowest BCUT2D eigenvalue weighted by molar-refractivity contribution is -0.278. The van der Waals surface area contributed by atoms with Crippen LogP contribution in [0.25, 0.3) is 0 Å². The molecule has 2 N–H and O–H groups in total. The van der Waals surface area contributed by atoms with Crippen molar-refractivity contribution in [2.45, 2.75) is 103 Å². The van der Waals surface area contributed by atoms with Crippen molar-refractivity contribution in [1.29, 1.82) is 0 Å². The predicted octanol–water partition coefficient (Wildman–Crippen LogP) is 7.35. The molecule has 3 saturated heterocycles. The van der Waals surface area contributed by atoms with Gasteiger partial charge in [-0.3, -0.25) is 9.69 Å². The second-order valence-corrected chi connectivity index (χ2v) is 19.6. The highest BCUT2D eigenvalue weighted by Crippen LogP contribution is 2.87. The predicted molar refractivity (Wildman–Crippen MR) is 205 cm³/mol. The number of rotatable bonds is 3. The average Bonchev–Trinajstić information content (AvgIpc) is 3.61. The Morgan fingerprint density at radius 1 is 1.06 bits per heavy atom. The van der Waals surface area contributed by atoms with Gasteiger partial charge in [0, 0.05) is 48.8 Å². The summed E-state index contributed by atoms with van der Waals surface area (Å²) in [6.45, 7) is 11.1. The van der Waals surface area contributed by atoms with Crippen LogP contribution in [0.15, 0.2) is 76.3 Å². The van der Waals surface area contributed by atoms with E-state index in [0.717, 1.165) is 99.9 Å². The molecule has 3 spiro atoms. The molecule has 1 aromatic carbocycles. The number of ether oxygens (including phenoxy) is 2. The Balaban J connectivity index is 1.16. The van der Waals surface area contributed by atoms with E-state index in [1.54, 1.807) is 5.70 Å². The van der Waals surface area contributed by atoms with Gasteiger partial charge in [0.25, 0.3) is 0 Å². The van der Waals surface area contributed by atoms with Gasteiger partial charge in [0.05, 0.1) is 17.0 Å². The average molecular weight is 726 g/mol. The molecule has 9 aliphatic heterocycles. The number of allylic oxidation sites excluding steroid dienone is 5. The molecule has 13 atom stereocenters. The Kier molecular flexibility index (Phi) is 6.62. The highest BCUT2D eigenvalue weighted by atomic mass is 16.6. The fourth-order valence-electron chi connectivity index (χ4n) is 15.3. The van der Waals surface area contributed by atoms with Crippen LogP contribution < -0.4 is 5.73 Å². The molecule has 2 saturated carbocycles. The van der Waals surface area contributed by atoms with Crippen LogP contribution in [0.3, 0.4) is 0 Å².